The number of benzene rings is 2. The van der Waals surface area contributed by atoms with Crippen molar-refractivity contribution in [1.29, 1.82) is 0 Å². The lowest BCUT2D eigenvalue weighted by molar-refractivity contribution is 0.0734. The highest BCUT2D eigenvalue weighted by molar-refractivity contribution is 5.91. The third-order valence-corrected chi connectivity index (χ3v) is 3.08. The van der Waals surface area contributed by atoms with Gasteiger partial charge < -0.3 is 9.47 Å². The van der Waals surface area contributed by atoms with Gasteiger partial charge in [0.05, 0.1) is 17.9 Å². The molecule has 0 aliphatic heterocycles. The van der Waals surface area contributed by atoms with E-state index in [4.69, 9.17) is 9.47 Å². The number of nitrogens with zero attached hydrogens (tertiary/aromatic N) is 1. The normalized spacial score (nSPS) is 9.78. The van der Waals surface area contributed by atoms with Gasteiger partial charge in [0.15, 0.2) is 0 Å². The van der Waals surface area contributed by atoms with Crippen molar-refractivity contribution in [3.05, 3.63) is 54.1 Å². The predicted octanol–water partition coefficient (Wildman–Crippen LogP) is 4.05. The van der Waals surface area contributed by atoms with E-state index >= 15 is 0 Å². The van der Waals surface area contributed by atoms with Gasteiger partial charge in [0, 0.05) is 0 Å². The van der Waals surface area contributed by atoms with Crippen LogP contribution in [0, 0.1) is 0 Å². The summed E-state index contributed by atoms with van der Waals surface area (Å²) in [7, 11) is 0. The smallest absolute Gasteiger partial charge is 0.343 e. The molecule has 5 nitrogen and oxygen atoms in total. The van der Waals surface area contributed by atoms with Crippen molar-refractivity contribution in [3.63, 3.8) is 0 Å². The Morgan fingerprint density at radius 1 is 1.04 bits per heavy atom. The molecule has 0 atom stereocenters. The van der Waals surface area contributed by atoms with Gasteiger partial charge in [0.2, 0.25) is 6.08 Å². The van der Waals surface area contributed by atoms with Crippen LogP contribution in [0.1, 0.15) is 30.1 Å². The molecule has 0 spiro atoms. The van der Waals surface area contributed by atoms with Gasteiger partial charge in [-0.15, -0.1) is 0 Å². The molecule has 23 heavy (non-hydrogen) atoms. The number of carbonyl (C=O) groups excluding carboxylic acids is 2. The molecule has 0 unspecified atom stereocenters. The van der Waals surface area contributed by atoms with Crippen LogP contribution >= 0.6 is 0 Å². The molecule has 0 N–H and O–H groups in total. The minimum atomic E-state index is -0.480. The molecule has 2 aromatic rings. The zero-order chi connectivity index (χ0) is 16.5. The molecule has 0 heterocycles. The van der Waals surface area contributed by atoms with E-state index in [2.05, 4.69) is 11.9 Å². The molecule has 0 bridgehead atoms. The average molecular weight is 311 g/mol. The molecule has 0 amide bonds. The van der Waals surface area contributed by atoms with Gasteiger partial charge in [0.25, 0.3) is 0 Å². The molecule has 0 saturated heterocycles. The first-order chi connectivity index (χ1) is 11.2. The number of hydrogen-bond donors (Lipinski definition) is 0. The molecule has 2 aromatic carbocycles. The number of carbonyl (C=O) groups is 1. The second kappa shape index (κ2) is 8.51. The summed E-state index contributed by atoms with van der Waals surface area (Å²) in [4.78, 5) is 25.6. The fourth-order valence-corrected chi connectivity index (χ4v) is 1.83. The minimum absolute atomic E-state index is 0.373. The molecule has 0 radical (unpaired) electrons. The summed E-state index contributed by atoms with van der Waals surface area (Å²) < 4.78 is 10.8. The first-order valence-corrected chi connectivity index (χ1v) is 7.36. The third-order valence-electron chi connectivity index (χ3n) is 3.08. The number of unbranched alkanes of at least 4 members (excludes halogenated alkanes) is 1. The molecule has 0 saturated carbocycles. The summed E-state index contributed by atoms with van der Waals surface area (Å²) in [5.41, 5.74) is 0.809. The highest BCUT2D eigenvalue weighted by Crippen LogP contribution is 2.20. The second-order valence-electron chi connectivity index (χ2n) is 4.81. The third kappa shape index (κ3) is 5.09. The van der Waals surface area contributed by atoms with Gasteiger partial charge in [-0.3, -0.25) is 0 Å². The van der Waals surface area contributed by atoms with Crippen molar-refractivity contribution >= 4 is 17.7 Å². The number of rotatable bonds is 7. The van der Waals surface area contributed by atoms with Gasteiger partial charge in [-0.1, -0.05) is 13.3 Å². The van der Waals surface area contributed by atoms with E-state index in [1.54, 1.807) is 48.5 Å². The van der Waals surface area contributed by atoms with Crippen molar-refractivity contribution in [2.24, 2.45) is 4.99 Å². The van der Waals surface area contributed by atoms with Crippen molar-refractivity contribution in [1.82, 2.24) is 0 Å². The van der Waals surface area contributed by atoms with Gasteiger partial charge in [-0.2, -0.15) is 4.99 Å². The van der Waals surface area contributed by atoms with Crippen LogP contribution in [0.4, 0.5) is 5.69 Å². The SMILES string of the molecule is CCCCOc1ccc(OC(=O)c2ccc(N=C=O)cc2)cc1. The lowest BCUT2D eigenvalue weighted by Crippen LogP contribution is -2.08. The summed E-state index contributed by atoms with van der Waals surface area (Å²) in [5.74, 6) is 0.702. The van der Waals surface area contributed by atoms with Crippen LogP contribution in [-0.2, 0) is 4.79 Å². The van der Waals surface area contributed by atoms with E-state index < -0.39 is 5.97 Å². The van der Waals surface area contributed by atoms with Crippen molar-refractivity contribution < 1.29 is 19.1 Å². The van der Waals surface area contributed by atoms with Crippen molar-refractivity contribution in [2.45, 2.75) is 19.8 Å². The molecular weight excluding hydrogens is 294 g/mol. The Bertz CT molecular complexity index is 686. The van der Waals surface area contributed by atoms with Crippen molar-refractivity contribution in [3.8, 4) is 11.5 Å². The Balaban J connectivity index is 1.95. The molecule has 0 aromatic heterocycles. The van der Waals surface area contributed by atoms with E-state index in [1.165, 1.54) is 6.08 Å². The van der Waals surface area contributed by atoms with Crippen LogP contribution < -0.4 is 9.47 Å². The summed E-state index contributed by atoms with van der Waals surface area (Å²) in [5, 5.41) is 0. The molecule has 0 fully saturated rings. The average Bonchev–Trinajstić information content (AvgIpc) is 2.57. The van der Waals surface area contributed by atoms with Crippen LogP contribution in [0.5, 0.6) is 11.5 Å². The van der Waals surface area contributed by atoms with Crippen LogP contribution in [0.25, 0.3) is 0 Å². The number of hydrogen-bond acceptors (Lipinski definition) is 5. The van der Waals surface area contributed by atoms with Gasteiger partial charge in [-0.25, -0.2) is 9.59 Å². The zero-order valence-electron chi connectivity index (χ0n) is 12.8. The van der Waals surface area contributed by atoms with Crippen LogP contribution in [0.2, 0.25) is 0 Å². The quantitative estimate of drug-likeness (QED) is 0.254. The molecular formula is C18H17NO4. The fourth-order valence-electron chi connectivity index (χ4n) is 1.83. The topological polar surface area (TPSA) is 65.0 Å². The van der Waals surface area contributed by atoms with E-state index in [0.29, 0.717) is 23.6 Å². The molecule has 118 valence electrons. The van der Waals surface area contributed by atoms with E-state index in [0.717, 1.165) is 18.6 Å². The summed E-state index contributed by atoms with van der Waals surface area (Å²) in [6.45, 7) is 2.77. The maximum atomic E-state index is 12.0. The monoisotopic (exact) mass is 311 g/mol. The van der Waals surface area contributed by atoms with E-state index in [-0.39, 0.29) is 0 Å². The Morgan fingerprint density at radius 2 is 1.70 bits per heavy atom. The fraction of sp³-hybridized carbons (Fsp3) is 0.222. The number of ether oxygens (including phenoxy) is 2. The maximum absolute atomic E-state index is 12.0. The predicted molar refractivity (Wildman–Crippen MR) is 86.0 cm³/mol. The Morgan fingerprint density at radius 3 is 2.30 bits per heavy atom. The lowest BCUT2D eigenvalue weighted by atomic mass is 10.2. The lowest BCUT2D eigenvalue weighted by Gasteiger charge is -2.07. The van der Waals surface area contributed by atoms with E-state index in [9.17, 15) is 9.59 Å². The van der Waals surface area contributed by atoms with Crippen LogP contribution in [0.3, 0.4) is 0 Å². The van der Waals surface area contributed by atoms with Gasteiger partial charge in [0.1, 0.15) is 11.5 Å². The molecule has 0 aliphatic carbocycles. The largest absolute Gasteiger partial charge is 0.494 e. The number of aliphatic imine (C=N–C) groups is 1. The van der Waals surface area contributed by atoms with Crippen molar-refractivity contribution in [2.75, 3.05) is 6.61 Å². The highest BCUT2D eigenvalue weighted by Gasteiger charge is 2.08. The summed E-state index contributed by atoms with van der Waals surface area (Å²) in [6.07, 6.45) is 3.52. The van der Waals surface area contributed by atoms with Crippen LogP contribution in [-0.4, -0.2) is 18.7 Å². The maximum Gasteiger partial charge on any atom is 0.343 e. The Kier molecular flexibility index (Phi) is 6.09. The number of esters is 1. The standard InChI is InChI=1S/C18H17NO4/c1-2-3-12-22-16-8-10-17(11-9-16)23-18(21)14-4-6-15(7-5-14)19-13-20/h4-11H,2-3,12H2,1H3. The summed E-state index contributed by atoms with van der Waals surface area (Å²) >= 11 is 0. The first-order valence-electron chi connectivity index (χ1n) is 7.36. The molecule has 5 heteroatoms. The van der Waals surface area contributed by atoms with Gasteiger partial charge in [-0.05, 0) is 55.0 Å². The molecule has 2 rings (SSSR count). The zero-order valence-corrected chi connectivity index (χ0v) is 12.8. The Labute approximate surface area is 134 Å². The first kappa shape index (κ1) is 16.5. The number of isocyanates is 1. The summed E-state index contributed by atoms with van der Waals surface area (Å²) in [6, 6.07) is 13.1. The minimum Gasteiger partial charge on any atom is -0.494 e. The second-order valence-corrected chi connectivity index (χ2v) is 4.81. The Hall–Kier alpha value is -2.91. The van der Waals surface area contributed by atoms with Gasteiger partial charge >= 0.3 is 5.97 Å². The van der Waals surface area contributed by atoms with Crippen LogP contribution in [0.15, 0.2) is 53.5 Å². The van der Waals surface area contributed by atoms with E-state index in [1.807, 2.05) is 0 Å². The highest BCUT2D eigenvalue weighted by atomic mass is 16.5. The molecule has 0 aliphatic rings.